The zero-order chi connectivity index (χ0) is 13.9. The number of nitrogens with zero attached hydrogens (tertiary/aromatic N) is 2. The van der Waals surface area contributed by atoms with Crippen molar-refractivity contribution in [2.75, 3.05) is 0 Å². The molecule has 0 fully saturated rings. The topological polar surface area (TPSA) is 101 Å². The number of fused-ring (bicyclic) bond motifs is 1. The number of hydrogen-bond donors (Lipinski definition) is 2. The maximum atomic E-state index is 11.8. The van der Waals surface area contributed by atoms with Gasteiger partial charge < -0.3 is 9.73 Å². The Morgan fingerprint density at radius 3 is 3.00 bits per heavy atom. The summed E-state index contributed by atoms with van der Waals surface area (Å²) >= 11 is 0. The van der Waals surface area contributed by atoms with Crippen LogP contribution in [-0.4, -0.2) is 21.1 Å². The second kappa shape index (κ2) is 4.96. The normalized spacial score (nSPS) is 10.6. The average Bonchev–Trinajstić information content (AvgIpc) is 2.93. The van der Waals surface area contributed by atoms with E-state index in [1.165, 1.54) is 18.5 Å². The first-order valence-corrected chi connectivity index (χ1v) is 5.88. The number of rotatable bonds is 3. The van der Waals surface area contributed by atoms with Crippen LogP contribution in [0.5, 0.6) is 0 Å². The summed E-state index contributed by atoms with van der Waals surface area (Å²) in [5, 5.41) is 8.57. The molecule has 7 nitrogen and oxygen atoms in total. The van der Waals surface area contributed by atoms with Gasteiger partial charge in [0.2, 0.25) is 0 Å². The second-order valence-electron chi connectivity index (χ2n) is 4.14. The van der Waals surface area contributed by atoms with Crippen molar-refractivity contribution < 1.29 is 9.21 Å². The van der Waals surface area contributed by atoms with E-state index in [0.29, 0.717) is 12.1 Å². The maximum Gasteiger partial charge on any atom is 0.271 e. The molecule has 1 amide bonds. The van der Waals surface area contributed by atoms with Gasteiger partial charge in [-0.1, -0.05) is 6.07 Å². The smallest absolute Gasteiger partial charge is 0.271 e. The molecule has 0 bridgehead atoms. The largest absolute Gasteiger partial charge is 0.443 e. The maximum absolute atomic E-state index is 11.8. The number of nitrogens with one attached hydrogen (secondary N) is 2. The number of aromatic amines is 1. The minimum Gasteiger partial charge on any atom is -0.443 e. The second-order valence-corrected chi connectivity index (χ2v) is 4.14. The van der Waals surface area contributed by atoms with E-state index in [1.54, 1.807) is 0 Å². The highest BCUT2D eigenvalue weighted by molar-refractivity contribution is 5.91. The first-order chi connectivity index (χ1) is 9.72. The molecule has 7 heteroatoms. The fourth-order valence-electron chi connectivity index (χ4n) is 1.75. The fourth-order valence-corrected chi connectivity index (χ4v) is 1.75. The van der Waals surface area contributed by atoms with Crippen molar-refractivity contribution in [3.05, 3.63) is 58.3 Å². The molecule has 0 aliphatic rings. The summed E-state index contributed by atoms with van der Waals surface area (Å²) < 4.78 is 5.19. The Hall–Kier alpha value is -2.96. The van der Waals surface area contributed by atoms with Crippen LogP contribution in [0.1, 0.15) is 16.1 Å². The predicted molar refractivity (Wildman–Crippen MR) is 70.0 cm³/mol. The van der Waals surface area contributed by atoms with Crippen LogP contribution in [0.25, 0.3) is 11.1 Å². The summed E-state index contributed by atoms with van der Waals surface area (Å²) in [6.07, 6.45) is 1.37. The number of benzene rings is 1. The van der Waals surface area contributed by atoms with Crippen molar-refractivity contribution in [2.24, 2.45) is 0 Å². The molecule has 2 heterocycles. The zero-order valence-electron chi connectivity index (χ0n) is 10.3. The van der Waals surface area contributed by atoms with Crippen molar-refractivity contribution in [3.63, 3.8) is 0 Å². The van der Waals surface area contributed by atoms with Crippen molar-refractivity contribution in [3.8, 4) is 0 Å². The number of H-pyrrole nitrogens is 1. The molecule has 1 aromatic carbocycles. The molecular weight excluding hydrogens is 260 g/mol. The van der Waals surface area contributed by atoms with Gasteiger partial charge in [0.05, 0.1) is 0 Å². The van der Waals surface area contributed by atoms with E-state index < -0.39 is 0 Å². The lowest BCUT2D eigenvalue weighted by Crippen LogP contribution is -2.25. The summed E-state index contributed by atoms with van der Waals surface area (Å²) in [5.74, 6) is -0.362. The van der Waals surface area contributed by atoms with Gasteiger partial charge in [0.25, 0.3) is 11.5 Å². The molecule has 2 N–H and O–H groups in total. The van der Waals surface area contributed by atoms with Crippen LogP contribution in [0, 0.1) is 0 Å². The lowest BCUT2D eigenvalue weighted by atomic mass is 10.2. The number of oxazole rings is 1. The highest BCUT2D eigenvalue weighted by Crippen LogP contribution is 2.14. The van der Waals surface area contributed by atoms with Gasteiger partial charge >= 0.3 is 0 Å². The van der Waals surface area contributed by atoms with Crippen LogP contribution in [0.3, 0.4) is 0 Å². The summed E-state index contributed by atoms with van der Waals surface area (Å²) in [5.41, 5.74) is 2.12. The highest BCUT2D eigenvalue weighted by Gasteiger charge is 2.07. The Balaban J connectivity index is 1.70. The Bertz CT molecular complexity index is 801. The molecule has 2 aromatic heterocycles. The molecule has 0 saturated carbocycles. The highest BCUT2D eigenvalue weighted by atomic mass is 16.3. The quantitative estimate of drug-likeness (QED) is 0.734. The van der Waals surface area contributed by atoms with Crippen LogP contribution in [0.15, 0.2) is 45.9 Å². The number of aromatic nitrogens is 3. The third-order valence-corrected chi connectivity index (χ3v) is 2.76. The van der Waals surface area contributed by atoms with Gasteiger partial charge in [-0.15, -0.1) is 0 Å². The van der Waals surface area contributed by atoms with Crippen LogP contribution < -0.4 is 10.9 Å². The molecule has 3 rings (SSSR count). The number of amides is 1. The Kier molecular flexibility index (Phi) is 3.00. The summed E-state index contributed by atoms with van der Waals surface area (Å²) in [7, 11) is 0. The number of hydrogen-bond acceptors (Lipinski definition) is 5. The monoisotopic (exact) mass is 270 g/mol. The van der Waals surface area contributed by atoms with Gasteiger partial charge in [-0.3, -0.25) is 9.59 Å². The number of carbonyl (C=O) groups excluding carboxylic acids is 1. The third-order valence-electron chi connectivity index (χ3n) is 2.76. The van der Waals surface area contributed by atoms with Crippen LogP contribution >= 0.6 is 0 Å². The van der Waals surface area contributed by atoms with Gasteiger partial charge in [-0.2, -0.15) is 5.10 Å². The zero-order valence-corrected chi connectivity index (χ0v) is 10.3. The van der Waals surface area contributed by atoms with E-state index in [9.17, 15) is 9.59 Å². The van der Waals surface area contributed by atoms with E-state index >= 15 is 0 Å². The van der Waals surface area contributed by atoms with Crippen molar-refractivity contribution in [2.45, 2.75) is 6.54 Å². The minimum atomic E-state index is -0.362. The van der Waals surface area contributed by atoms with E-state index in [2.05, 4.69) is 20.5 Å². The van der Waals surface area contributed by atoms with Gasteiger partial charge in [0, 0.05) is 12.6 Å². The lowest BCUT2D eigenvalue weighted by molar-refractivity contribution is 0.0945. The fraction of sp³-hybridized carbons (Fsp3) is 0.0769. The molecule has 0 radical (unpaired) electrons. The molecular formula is C13H10N4O3. The molecule has 0 atom stereocenters. The third kappa shape index (κ3) is 2.41. The molecule has 0 spiro atoms. The molecule has 20 heavy (non-hydrogen) atoms. The lowest BCUT2D eigenvalue weighted by Gasteiger charge is -2.04. The minimum absolute atomic E-state index is 0.158. The van der Waals surface area contributed by atoms with E-state index in [-0.39, 0.29) is 17.2 Å². The standard InChI is InChI=1S/C13H10N4O3/c18-12-4-3-10(16-17-12)13(19)14-6-8-1-2-9-11(5-8)20-7-15-9/h1-5,7H,6H2,(H,14,19)(H,17,18). The Morgan fingerprint density at radius 2 is 2.20 bits per heavy atom. The Labute approximate surface area is 112 Å². The number of carbonyl (C=O) groups is 1. The first kappa shape index (κ1) is 12.1. The first-order valence-electron chi connectivity index (χ1n) is 5.88. The molecule has 0 aliphatic heterocycles. The van der Waals surface area contributed by atoms with E-state index in [1.807, 2.05) is 18.2 Å². The van der Waals surface area contributed by atoms with Gasteiger partial charge in [0.15, 0.2) is 12.0 Å². The molecule has 0 saturated heterocycles. The van der Waals surface area contributed by atoms with Gasteiger partial charge in [-0.25, -0.2) is 10.1 Å². The van der Waals surface area contributed by atoms with Crippen LogP contribution in [0.4, 0.5) is 0 Å². The SMILES string of the molecule is O=C(NCc1ccc2ncoc2c1)c1ccc(=O)[nH]n1. The molecule has 0 unspecified atom stereocenters. The average molecular weight is 270 g/mol. The van der Waals surface area contributed by atoms with Crippen molar-refractivity contribution in [1.29, 1.82) is 0 Å². The van der Waals surface area contributed by atoms with E-state index in [4.69, 9.17) is 4.42 Å². The molecule has 0 aliphatic carbocycles. The predicted octanol–water partition coefficient (Wildman–Crippen LogP) is 0.841. The van der Waals surface area contributed by atoms with E-state index in [0.717, 1.165) is 11.1 Å². The summed E-state index contributed by atoms with van der Waals surface area (Å²) in [6, 6.07) is 8.10. The van der Waals surface area contributed by atoms with Crippen molar-refractivity contribution >= 4 is 17.0 Å². The van der Waals surface area contributed by atoms with Gasteiger partial charge in [0.1, 0.15) is 11.2 Å². The van der Waals surface area contributed by atoms with Gasteiger partial charge in [-0.05, 0) is 23.8 Å². The van der Waals surface area contributed by atoms with Crippen LogP contribution in [-0.2, 0) is 6.54 Å². The summed E-state index contributed by atoms with van der Waals surface area (Å²) in [4.78, 5) is 26.7. The summed E-state index contributed by atoms with van der Waals surface area (Å²) in [6.45, 7) is 0.330. The Morgan fingerprint density at radius 1 is 1.30 bits per heavy atom. The molecule has 3 aromatic rings. The van der Waals surface area contributed by atoms with Crippen molar-refractivity contribution in [1.82, 2.24) is 20.5 Å². The van der Waals surface area contributed by atoms with Crippen LogP contribution in [0.2, 0.25) is 0 Å². The molecule has 100 valence electrons.